The van der Waals surface area contributed by atoms with Crippen molar-refractivity contribution in [3.05, 3.63) is 191 Å². The third-order valence-corrected chi connectivity index (χ3v) is 14.5. The van der Waals surface area contributed by atoms with Gasteiger partial charge in [0.25, 0.3) is 0 Å². The summed E-state index contributed by atoms with van der Waals surface area (Å²) < 4.78 is 23.7. The lowest BCUT2D eigenvalue weighted by atomic mass is 9.65. The van der Waals surface area contributed by atoms with E-state index in [0.29, 0.717) is 67.4 Å². The van der Waals surface area contributed by atoms with E-state index in [4.69, 9.17) is 18.9 Å². The quantitative estimate of drug-likeness (QED) is 0.0983. The van der Waals surface area contributed by atoms with Crippen molar-refractivity contribution in [3.63, 3.8) is 0 Å². The number of fused-ring (bicyclic) bond motifs is 4. The van der Waals surface area contributed by atoms with Gasteiger partial charge in [0.05, 0.1) is 31.2 Å². The summed E-state index contributed by atoms with van der Waals surface area (Å²) in [5, 5.41) is 12.8. The lowest BCUT2D eigenvalue weighted by molar-refractivity contribution is -0.179. The molecule has 360 valence electrons. The molecule has 0 aliphatic carbocycles. The van der Waals surface area contributed by atoms with E-state index in [1.165, 1.54) is 5.56 Å². The van der Waals surface area contributed by atoms with Crippen molar-refractivity contribution in [1.29, 1.82) is 0 Å². The zero-order valence-electron chi connectivity index (χ0n) is 39.5. The highest BCUT2D eigenvalue weighted by Crippen LogP contribution is 2.65. The molecule has 13 nitrogen and oxygen atoms in total. The summed E-state index contributed by atoms with van der Waals surface area (Å²) in [6.45, 7) is 3.90. The van der Waals surface area contributed by atoms with Crippen LogP contribution in [0.2, 0.25) is 0 Å². The van der Waals surface area contributed by atoms with E-state index in [-0.39, 0.29) is 31.8 Å². The lowest BCUT2D eigenvalue weighted by Crippen LogP contribution is -2.58. The van der Waals surface area contributed by atoms with Crippen LogP contribution in [0.25, 0.3) is 0 Å². The number of rotatable bonds is 12. The van der Waals surface area contributed by atoms with Crippen LogP contribution in [0.5, 0.6) is 17.2 Å². The summed E-state index contributed by atoms with van der Waals surface area (Å²) in [4.78, 5) is 55.8. The molecule has 6 atom stereocenters. The van der Waals surface area contributed by atoms with Crippen LogP contribution in [-0.4, -0.2) is 108 Å². The van der Waals surface area contributed by atoms with Gasteiger partial charge in [0.1, 0.15) is 29.9 Å². The first kappa shape index (κ1) is 45.9. The number of benzene rings is 6. The molecule has 2 N–H and O–H groups in total. The Bertz CT molecular complexity index is 2980. The van der Waals surface area contributed by atoms with E-state index < -0.39 is 41.5 Å². The predicted octanol–water partition coefficient (Wildman–Crippen LogP) is 6.89. The van der Waals surface area contributed by atoms with Crippen LogP contribution >= 0.6 is 0 Å². The monoisotopic (exact) mass is 949 g/mol. The fraction of sp³-hybridized carbons (Fsp3) is 0.293. The number of hydrogen-bond acceptors (Lipinski definition) is 11. The smallest absolute Gasteiger partial charge is 0.324 e. The van der Waals surface area contributed by atoms with Crippen molar-refractivity contribution in [2.45, 2.75) is 42.7 Å². The van der Waals surface area contributed by atoms with Crippen molar-refractivity contribution in [2.24, 2.45) is 5.92 Å². The molecule has 0 aromatic heterocycles. The number of nitrogens with one attached hydrogen (secondary N) is 1. The number of hydrogen-bond donors (Lipinski definition) is 2. The number of ether oxygens (including phenoxy) is 4. The number of anilines is 1. The minimum absolute atomic E-state index is 0.101. The molecule has 3 saturated heterocycles. The highest BCUT2D eigenvalue weighted by Gasteiger charge is 2.74. The second kappa shape index (κ2) is 19.7. The number of aliphatic hydroxyl groups is 1. The van der Waals surface area contributed by atoms with Gasteiger partial charge in [0.15, 0.2) is 11.5 Å². The summed E-state index contributed by atoms with van der Waals surface area (Å²) in [6, 6.07) is 46.2. The molecule has 5 aliphatic heterocycles. The predicted molar refractivity (Wildman–Crippen MR) is 266 cm³/mol. The summed E-state index contributed by atoms with van der Waals surface area (Å²) in [5.74, 6) is 6.24. The molecule has 5 aliphatic rings. The molecule has 6 aromatic rings. The third kappa shape index (κ3) is 8.67. The van der Waals surface area contributed by atoms with Crippen LogP contribution in [0.1, 0.15) is 57.1 Å². The SMILES string of the molecule is CN(CC#Cc1ccc2c(c1)[C@]1(C(=O)N2)[C@H](C(=O)N2CCN(Cc3ccc4c(c3)OCO4)CC2)[C@H]2C(=O)O[C@H](c3ccccc3)[C@H](c3ccccc3)N2[C@@H]1c1ccc(OCCO)cc1)Cc1ccccc1. The van der Waals surface area contributed by atoms with Crippen molar-refractivity contribution in [1.82, 2.24) is 19.6 Å². The van der Waals surface area contributed by atoms with Gasteiger partial charge in [-0.15, -0.1) is 0 Å². The highest BCUT2D eigenvalue weighted by atomic mass is 16.7. The molecule has 0 radical (unpaired) electrons. The van der Waals surface area contributed by atoms with Crippen molar-refractivity contribution in [3.8, 4) is 29.1 Å². The van der Waals surface area contributed by atoms with E-state index >= 15 is 14.4 Å². The number of esters is 1. The van der Waals surface area contributed by atoms with E-state index in [0.717, 1.165) is 34.7 Å². The van der Waals surface area contributed by atoms with Crippen molar-refractivity contribution in [2.75, 3.05) is 65.1 Å². The molecular formula is C58H55N5O8. The van der Waals surface area contributed by atoms with Gasteiger partial charge in [0, 0.05) is 50.5 Å². The van der Waals surface area contributed by atoms with Crippen LogP contribution in [0.3, 0.4) is 0 Å². The van der Waals surface area contributed by atoms with Crippen LogP contribution < -0.4 is 19.5 Å². The molecule has 0 saturated carbocycles. The Labute approximate surface area is 413 Å². The van der Waals surface area contributed by atoms with Crippen molar-refractivity contribution < 1.29 is 38.4 Å². The molecule has 1 spiro atoms. The van der Waals surface area contributed by atoms with E-state index in [2.05, 4.69) is 44.0 Å². The second-order valence-corrected chi connectivity index (χ2v) is 18.9. The molecule has 6 aromatic carbocycles. The van der Waals surface area contributed by atoms with E-state index in [1.54, 1.807) is 0 Å². The van der Waals surface area contributed by atoms with E-state index in [9.17, 15) is 5.11 Å². The molecule has 0 bridgehead atoms. The lowest BCUT2D eigenvalue weighted by Gasteiger charge is -2.46. The van der Waals surface area contributed by atoms with E-state index in [1.807, 2.05) is 151 Å². The summed E-state index contributed by atoms with van der Waals surface area (Å²) in [6.07, 6.45) is -0.795. The zero-order valence-corrected chi connectivity index (χ0v) is 39.5. The number of nitrogens with zero attached hydrogens (tertiary/aromatic N) is 4. The van der Waals surface area contributed by atoms with Crippen LogP contribution in [0, 0.1) is 17.8 Å². The molecule has 13 heteroatoms. The Morgan fingerprint density at radius 3 is 2.21 bits per heavy atom. The number of aliphatic hydroxyl groups excluding tert-OH is 1. The van der Waals surface area contributed by atoms with Gasteiger partial charge >= 0.3 is 5.97 Å². The van der Waals surface area contributed by atoms with Gasteiger partial charge in [-0.25, -0.2) is 0 Å². The Morgan fingerprint density at radius 2 is 1.48 bits per heavy atom. The molecule has 3 fully saturated rings. The Balaban J connectivity index is 1.04. The maximum Gasteiger partial charge on any atom is 0.324 e. The average Bonchev–Trinajstić information content (AvgIpc) is 4.10. The highest BCUT2D eigenvalue weighted by molar-refractivity contribution is 6.12. The molecule has 71 heavy (non-hydrogen) atoms. The Kier molecular flexibility index (Phi) is 12.8. The van der Waals surface area contributed by atoms with Gasteiger partial charge in [-0.2, -0.15) is 0 Å². The van der Waals surface area contributed by atoms with Gasteiger partial charge in [-0.05, 0) is 82.9 Å². The van der Waals surface area contributed by atoms with Crippen molar-refractivity contribution >= 4 is 23.5 Å². The van der Waals surface area contributed by atoms with Crippen LogP contribution in [0.4, 0.5) is 5.69 Å². The first-order valence-electron chi connectivity index (χ1n) is 24.3. The minimum Gasteiger partial charge on any atom is -0.491 e. The number of cyclic esters (lactones) is 1. The Hall–Kier alpha value is -7.47. The standard InChI is InChI=1S/C58H55N5O8/c1-60(36-40-12-5-2-6-13-40)27-11-14-39-19-25-47-46(34-39)58(57(67)59-47)50(55(65)62-30-28-61(29-31-62)37-41-20-26-48-49(35-41)70-38-69-48)52-56(66)71-53(43-17-9-4-10-18-43)51(42-15-7-3-8-16-42)63(52)54(58)44-21-23-45(24-22-44)68-33-32-64/h2-10,12-13,15-26,34-35,50-54,64H,27-33,36-38H2,1H3,(H,59,67)/t50-,51-,52-,53+,54+,58-/m0/s1. The van der Waals surface area contributed by atoms with Crippen LogP contribution in [-0.2, 0) is 37.6 Å². The number of carbonyl (C=O) groups is 3. The summed E-state index contributed by atoms with van der Waals surface area (Å²) in [5.41, 5.74) is 4.79. The maximum atomic E-state index is 16.1. The van der Waals surface area contributed by atoms with Gasteiger partial charge in [0.2, 0.25) is 18.6 Å². The number of piperazine rings is 1. The zero-order chi connectivity index (χ0) is 48.5. The molecule has 2 amide bonds. The normalized spacial score (nSPS) is 23.4. The maximum absolute atomic E-state index is 16.1. The summed E-state index contributed by atoms with van der Waals surface area (Å²) in [7, 11) is 2.03. The first-order chi connectivity index (χ1) is 34.8. The third-order valence-electron chi connectivity index (χ3n) is 14.5. The number of amides is 2. The Morgan fingerprint density at radius 1 is 0.775 bits per heavy atom. The van der Waals surface area contributed by atoms with Gasteiger partial charge < -0.3 is 34.3 Å². The summed E-state index contributed by atoms with van der Waals surface area (Å²) >= 11 is 0. The fourth-order valence-corrected chi connectivity index (χ4v) is 11.4. The van der Waals surface area contributed by atoms with Gasteiger partial charge in [-0.1, -0.05) is 121 Å². The fourth-order valence-electron chi connectivity index (χ4n) is 11.4. The molecule has 11 rings (SSSR count). The topological polar surface area (TPSA) is 133 Å². The minimum atomic E-state index is -1.66. The van der Waals surface area contributed by atoms with Gasteiger partial charge in [-0.3, -0.25) is 29.1 Å². The first-order valence-corrected chi connectivity index (χ1v) is 24.3. The average molecular weight is 950 g/mol. The largest absolute Gasteiger partial charge is 0.491 e. The molecule has 0 unspecified atom stereocenters. The molecule has 5 heterocycles. The second-order valence-electron chi connectivity index (χ2n) is 18.9. The number of carbonyl (C=O) groups excluding carboxylic acids is 3. The number of morpholine rings is 1. The molecular weight excluding hydrogens is 895 g/mol. The van der Waals surface area contributed by atoms with Crippen LogP contribution in [0.15, 0.2) is 152 Å².